The summed E-state index contributed by atoms with van der Waals surface area (Å²) in [5, 5.41) is 0. The van der Waals surface area contributed by atoms with E-state index in [4.69, 9.17) is 10.6 Å². The van der Waals surface area contributed by atoms with Crippen LogP contribution >= 0.6 is 0 Å². The zero-order valence-corrected chi connectivity index (χ0v) is 11.6. The quantitative estimate of drug-likeness (QED) is 0.585. The third-order valence-corrected chi connectivity index (χ3v) is 4.45. The second kappa shape index (κ2) is 5.51. The molecule has 0 aromatic heterocycles. The smallest absolute Gasteiger partial charge is 0.124 e. The number of hydrogen-bond acceptors (Lipinski definition) is 3. The zero-order valence-electron chi connectivity index (χ0n) is 11.6. The van der Waals surface area contributed by atoms with Gasteiger partial charge in [0.15, 0.2) is 0 Å². The maximum absolute atomic E-state index is 5.90. The normalized spacial score (nSPS) is 20.6. The molecule has 1 aromatic carbocycles. The average molecular weight is 260 g/mol. The molecule has 2 aliphatic carbocycles. The summed E-state index contributed by atoms with van der Waals surface area (Å²) in [6, 6.07) is 8.57. The van der Waals surface area contributed by atoms with E-state index >= 15 is 0 Å². The van der Waals surface area contributed by atoms with Crippen LogP contribution in [0, 0.1) is 17.8 Å². The van der Waals surface area contributed by atoms with Crippen molar-refractivity contribution in [2.45, 2.75) is 38.6 Å². The predicted octanol–water partition coefficient (Wildman–Crippen LogP) is 3.03. The number of rotatable bonds is 7. The van der Waals surface area contributed by atoms with E-state index in [2.05, 4.69) is 23.6 Å². The van der Waals surface area contributed by atoms with Crippen LogP contribution in [0.4, 0.5) is 0 Å². The van der Waals surface area contributed by atoms with Crippen LogP contribution in [0.25, 0.3) is 0 Å². The van der Waals surface area contributed by atoms with Gasteiger partial charge >= 0.3 is 0 Å². The van der Waals surface area contributed by atoms with Crippen molar-refractivity contribution in [1.29, 1.82) is 0 Å². The lowest BCUT2D eigenvalue weighted by molar-refractivity contribution is 0.273. The fourth-order valence-electron chi connectivity index (χ4n) is 3.32. The van der Waals surface area contributed by atoms with E-state index < -0.39 is 0 Å². The van der Waals surface area contributed by atoms with Gasteiger partial charge in [-0.1, -0.05) is 18.2 Å². The molecular formula is C16H24N2O. The second-order valence-electron chi connectivity index (χ2n) is 5.87. The van der Waals surface area contributed by atoms with Crippen molar-refractivity contribution in [3.63, 3.8) is 0 Å². The molecule has 0 amide bonds. The number of hydrogen-bond donors (Lipinski definition) is 2. The van der Waals surface area contributed by atoms with Crippen molar-refractivity contribution in [3.8, 4) is 5.75 Å². The molecule has 104 valence electrons. The van der Waals surface area contributed by atoms with Gasteiger partial charge in [0, 0.05) is 5.56 Å². The molecule has 2 fully saturated rings. The van der Waals surface area contributed by atoms with Gasteiger partial charge in [-0.15, -0.1) is 0 Å². The third-order valence-electron chi connectivity index (χ3n) is 4.45. The number of ether oxygens (including phenoxy) is 1. The van der Waals surface area contributed by atoms with Gasteiger partial charge in [0.2, 0.25) is 0 Å². The highest BCUT2D eigenvalue weighted by molar-refractivity contribution is 5.37. The van der Waals surface area contributed by atoms with Gasteiger partial charge in [0.05, 0.1) is 12.6 Å². The lowest BCUT2D eigenvalue weighted by Gasteiger charge is -2.28. The van der Waals surface area contributed by atoms with Crippen LogP contribution in [0.1, 0.15) is 44.2 Å². The fourth-order valence-corrected chi connectivity index (χ4v) is 3.32. The average Bonchev–Trinajstić information content (AvgIpc) is 3.30. The number of nitrogens with two attached hydrogens (primary N) is 1. The van der Waals surface area contributed by atoms with Crippen LogP contribution < -0.4 is 16.0 Å². The van der Waals surface area contributed by atoms with E-state index in [1.165, 1.54) is 31.2 Å². The Labute approximate surface area is 115 Å². The molecule has 0 radical (unpaired) electrons. The van der Waals surface area contributed by atoms with Crippen LogP contribution in [-0.4, -0.2) is 6.61 Å². The molecule has 2 saturated carbocycles. The zero-order chi connectivity index (χ0) is 13.2. The summed E-state index contributed by atoms with van der Waals surface area (Å²) in [6.07, 6.45) is 5.48. The first-order chi connectivity index (χ1) is 9.35. The van der Waals surface area contributed by atoms with Gasteiger partial charge in [0.25, 0.3) is 0 Å². The minimum absolute atomic E-state index is 0.239. The Balaban J connectivity index is 1.87. The summed E-state index contributed by atoms with van der Waals surface area (Å²) in [5.74, 6) is 9.30. The largest absolute Gasteiger partial charge is 0.494 e. The number of benzene rings is 1. The minimum atomic E-state index is 0.239. The van der Waals surface area contributed by atoms with Crippen LogP contribution in [0.15, 0.2) is 24.3 Å². The van der Waals surface area contributed by atoms with E-state index in [0.717, 1.165) is 17.6 Å². The van der Waals surface area contributed by atoms with Gasteiger partial charge < -0.3 is 4.74 Å². The van der Waals surface area contributed by atoms with Gasteiger partial charge in [-0.05, 0) is 56.4 Å². The molecular weight excluding hydrogens is 236 g/mol. The first-order valence-corrected chi connectivity index (χ1v) is 7.53. The third kappa shape index (κ3) is 2.77. The number of hydrazine groups is 1. The first kappa shape index (κ1) is 12.9. The van der Waals surface area contributed by atoms with E-state index in [9.17, 15) is 0 Å². The summed E-state index contributed by atoms with van der Waals surface area (Å²) < 4.78 is 5.77. The van der Waals surface area contributed by atoms with Crippen molar-refractivity contribution in [3.05, 3.63) is 29.8 Å². The number of nitrogens with one attached hydrogen (secondary N) is 1. The van der Waals surface area contributed by atoms with Crippen molar-refractivity contribution in [2.24, 2.45) is 23.6 Å². The van der Waals surface area contributed by atoms with E-state index in [1.54, 1.807) is 0 Å². The monoisotopic (exact) mass is 260 g/mol. The van der Waals surface area contributed by atoms with E-state index in [-0.39, 0.29) is 6.04 Å². The molecule has 0 aliphatic heterocycles. The highest BCUT2D eigenvalue weighted by atomic mass is 16.5. The summed E-state index contributed by atoms with van der Waals surface area (Å²) in [7, 11) is 0. The van der Waals surface area contributed by atoms with Crippen molar-refractivity contribution in [2.75, 3.05) is 6.61 Å². The Kier molecular flexibility index (Phi) is 3.76. The Bertz CT molecular complexity index is 415. The number of para-hydroxylation sites is 1. The van der Waals surface area contributed by atoms with Gasteiger partial charge in [-0.2, -0.15) is 0 Å². The van der Waals surface area contributed by atoms with Crippen molar-refractivity contribution in [1.82, 2.24) is 5.43 Å². The van der Waals surface area contributed by atoms with Gasteiger partial charge in [-0.25, -0.2) is 0 Å². The Morgan fingerprint density at radius 2 is 1.84 bits per heavy atom. The molecule has 3 heteroatoms. The molecule has 1 unspecified atom stereocenters. The molecule has 1 atom stereocenters. The molecule has 3 rings (SSSR count). The maximum Gasteiger partial charge on any atom is 0.124 e. The van der Waals surface area contributed by atoms with E-state index in [1.807, 2.05) is 13.0 Å². The van der Waals surface area contributed by atoms with E-state index in [0.29, 0.717) is 12.5 Å². The predicted molar refractivity (Wildman–Crippen MR) is 76.6 cm³/mol. The molecule has 3 nitrogen and oxygen atoms in total. The van der Waals surface area contributed by atoms with Crippen LogP contribution in [0.2, 0.25) is 0 Å². The highest BCUT2D eigenvalue weighted by Gasteiger charge is 2.46. The molecule has 1 aromatic rings. The lowest BCUT2D eigenvalue weighted by atomic mass is 9.85. The Morgan fingerprint density at radius 1 is 1.21 bits per heavy atom. The molecule has 0 saturated heterocycles. The summed E-state index contributed by atoms with van der Waals surface area (Å²) in [5.41, 5.74) is 4.31. The summed E-state index contributed by atoms with van der Waals surface area (Å²) in [6.45, 7) is 2.73. The van der Waals surface area contributed by atoms with Crippen molar-refractivity contribution < 1.29 is 4.74 Å². The van der Waals surface area contributed by atoms with Gasteiger partial charge in [0.1, 0.15) is 5.75 Å². The molecule has 0 spiro atoms. The molecule has 19 heavy (non-hydrogen) atoms. The molecule has 2 aliphatic rings. The first-order valence-electron chi connectivity index (χ1n) is 7.53. The van der Waals surface area contributed by atoms with Gasteiger partial charge in [-0.3, -0.25) is 11.3 Å². The SMILES string of the molecule is CCOc1ccccc1C(NN)C(C1CC1)C1CC1. The van der Waals surface area contributed by atoms with Crippen LogP contribution in [-0.2, 0) is 0 Å². The topological polar surface area (TPSA) is 47.3 Å². The van der Waals surface area contributed by atoms with Crippen LogP contribution in [0.3, 0.4) is 0 Å². The van der Waals surface area contributed by atoms with Crippen molar-refractivity contribution >= 4 is 0 Å². The summed E-state index contributed by atoms with van der Waals surface area (Å²) in [4.78, 5) is 0. The summed E-state index contributed by atoms with van der Waals surface area (Å²) >= 11 is 0. The molecule has 3 N–H and O–H groups in total. The maximum atomic E-state index is 5.90. The Morgan fingerprint density at radius 3 is 2.37 bits per heavy atom. The fraction of sp³-hybridized carbons (Fsp3) is 0.625. The van der Waals surface area contributed by atoms with Crippen LogP contribution in [0.5, 0.6) is 5.75 Å². The highest BCUT2D eigenvalue weighted by Crippen LogP contribution is 2.54. The Hall–Kier alpha value is -1.06. The minimum Gasteiger partial charge on any atom is -0.494 e. The lowest BCUT2D eigenvalue weighted by Crippen LogP contribution is -2.35. The molecule has 0 bridgehead atoms. The standard InChI is InChI=1S/C16H24N2O/c1-2-19-14-6-4-3-5-13(14)16(18-17)15(11-7-8-11)12-9-10-12/h3-6,11-12,15-16,18H,2,7-10,17H2,1H3. The second-order valence-corrected chi connectivity index (χ2v) is 5.87. The molecule has 0 heterocycles.